The lowest BCUT2D eigenvalue weighted by atomic mass is 10.3. The van der Waals surface area contributed by atoms with Crippen molar-refractivity contribution in [3.05, 3.63) is 30.3 Å². The Labute approximate surface area is 111 Å². The molecule has 0 bridgehead atoms. The molecule has 84 valence electrons. The van der Waals surface area contributed by atoms with E-state index < -0.39 is 10.8 Å². The second-order valence-electron chi connectivity index (χ2n) is 2.77. The zero-order chi connectivity index (χ0) is 11.5. The number of halogens is 2. The predicted octanol–water partition coefficient (Wildman–Crippen LogP) is 1.84. The number of hydrogen-bond donors (Lipinski definition) is 0. The third kappa shape index (κ3) is 2.38. The molecule has 1 atom stereocenters. The van der Waals surface area contributed by atoms with Gasteiger partial charge in [-0.25, -0.2) is 4.21 Å². The minimum atomic E-state index is -1.36. The van der Waals surface area contributed by atoms with Crippen LogP contribution >= 0.6 is 31.9 Å². The van der Waals surface area contributed by atoms with E-state index in [9.17, 15) is 4.21 Å². The first-order valence-electron chi connectivity index (χ1n) is 4.22. The highest BCUT2D eigenvalue weighted by molar-refractivity contribution is 9.27. The van der Waals surface area contributed by atoms with Gasteiger partial charge in [0.2, 0.25) is 5.16 Å². The minimum Gasteiger partial charge on any atom is -0.249 e. The van der Waals surface area contributed by atoms with Crippen molar-refractivity contribution < 1.29 is 4.21 Å². The molecule has 1 aromatic heterocycles. The van der Waals surface area contributed by atoms with Gasteiger partial charge >= 0.3 is 0 Å². The SMILES string of the molecule is O=S(c1nnnn1-c1ccccc1)C(Br)Br. The van der Waals surface area contributed by atoms with Crippen molar-refractivity contribution >= 4 is 42.7 Å². The van der Waals surface area contributed by atoms with Crippen molar-refractivity contribution in [2.75, 3.05) is 0 Å². The summed E-state index contributed by atoms with van der Waals surface area (Å²) >= 11 is 6.35. The Morgan fingerprint density at radius 3 is 2.56 bits per heavy atom. The molecule has 0 saturated carbocycles. The van der Waals surface area contributed by atoms with E-state index >= 15 is 0 Å². The molecule has 0 N–H and O–H groups in total. The Hall–Kier alpha value is -0.600. The maximum Gasteiger partial charge on any atom is 0.246 e. The molecule has 0 saturated heterocycles. The zero-order valence-electron chi connectivity index (χ0n) is 7.83. The number of para-hydroxylation sites is 1. The molecule has 0 radical (unpaired) electrons. The molecule has 2 rings (SSSR count). The molecule has 0 aliphatic heterocycles. The summed E-state index contributed by atoms with van der Waals surface area (Å²) in [6.07, 6.45) is 0. The van der Waals surface area contributed by atoms with Crippen molar-refractivity contribution in [2.45, 2.75) is 8.22 Å². The van der Waals surface area contributed by atoms with E-state index in [1.807, 2.05) is 30.3 Å². The Kier molecular flexibility index (Phi) is 3.82. The van der Waals surface area contributed by atoms with Gasteiger partial charge in [0.1, 0.15) is 10.8 Å². The molecule has 1 unspecified atom stereocenters. The van der Waals surface area contributed by atoms with Crippen molar-refractivity contribution in [1.29, 1.82) is 0 Å². The van der Waals surface area contributed by atoms with Crippen LogP contribution in [0.1, 0.15) is 0 Å². The highest BCUT2D eigenvalue weighted by Gasteiger charge is 2.19. The summed E-state index contributed by atoms with van der Waals surface area (Å²) in [4.78, 5) is 0. The number of hydrogen-bond acceptors (Lipinski definition) is 4. The molecule has 0 aliphatic rings. The first kappa shape index (κ1) is 11.9. The molecular weight excluding hydrogens is 360 g/mol. The quantitative estimate of drug-likeness (QED) is 0.778. The molecule has 0 amide bonds. The third-order valence-corrected chi connectivity index (χ3v) is 4.76. The van der Waals surface area contributed by atoms with Crippen LogP contribution in [0.25, 0.3) is 5.69 Å². The molecule has 2 aromatic rings. The molecule has 0 aliphatic carbocycles. The van der Waals surface area contributed by atoms with Gasteiger partial charge in [-0.3, -0.25) is 0 Å². The summed E-state index contributed by atoms with van der Waals surface area (Å²) in [5, 5.41) is 11.4. The second kappa shape index (κ2) is 5.15. The summed E-state index contributed by atoms with van der Waals surface area (Å²) < 4.78 is 12.9. The van der Waals surface area contributed by atoms with Crippen LogP contribution in [0.5, 0.6) is 0 Å². The average molecular weight is 366 g/mol. The van der Waals surface area contributed by atoms with Crippen LogP contribution in [0.4, 0.5) is 0 Å². The Balaban J connectivity index is 2.45. The van der Waals surface area contributed by atoms with E-state index in [1.54, 1.807) is 0 Å². The summed E-state index contributed by atoms with van der Waals surface area (Å²) in [6, 6.07) is 9.30. The smallest absolute Gasteiger partial charge is 0.246 e. The maximum absolute atomic E-state index is 11.9. The molecule has 0 spiro atoms. The summed E-state index contributed by atoms with van der Waals surface area (Å²) in [5.41, 5.74) is 0.775. The Morgan fingerprint density at radius 2 is 1.94 bits per heavy atom. The Bertz CT molecular complexity index is 502. The lowest BCUT2D eigenvalue weighted by molar-refractivity contribution is 0.669. The van der Waals surface area contributed by atoms with E-state index in [-0.39, 0.29) is 3.07 Å². The van der Waals surface area contributed by atoms with Gasteiger partial charge in [0.25, 0.3) is 0 Å². The fourth-order valence-corrected chi connectivity index (χ4v) is 2.71. The highest BCUT2D eigenvalue weighted by Crippen LogP contribution is 2.20. The third-order valence-electron chi connectivity index (χ3n) is 1.78. The van der Waals surface area contributed by atoms with Crippen LogP contribution in [0, 0.1) is 0 Å². The first-order valence-corrected chi connectivity index (χ1v) is 7.27. The molecule has 1 aromatic carbocycles. The molecule has 5 nitrogen and oxygen atoms in total. The van der Waals surface area contributed by atoms with Gasteiger partial charge in [-0.1, -0.05) is 55.2 Å². The van der Waals surface area contributed by atoms with Crippen molar-refractivity contribution in [2.24, 2.45) is 0 Å². The average Bonchev–Trinajstić information content (AvgIpc) is 2.77. The normalized spacial score (nSPS) is 12.9. The van der Waals surface area contributed by atoms with Crippen LogP contribution in [-0.4, -0.2) is 27.5 Å². The monoisotopic (exact) mass is 364 g/mol. The van der Waals surface area contributed by atoms with Crippen LogP contribution in [0.2, 0.25) is 0 Å². The van der Waals surface area contributed by atoms with Crippen LogP contribution in [0.3, 0.4) is 0 Å². The lowest BCUT2D eigenvalue weighted by Gasteiger charge is -2.04. The molecule has 16 heavy (non-hydrogen) atoms. The second-order valence-corrected chi connectivity index (χ2v) is 8.47. The highest BCUT2D eigenvalue weighted by atomic mass is 79.9. The molecule has 1 heterocycles. The van der Waals surface area contributed by atoms with Crippen LogP contribution in [0.15, 0.2) is 35.5 Å². The topological polar surface area (TPSA) is 60.7 Å². The number of aromatic nitrogens is 4. The largest absolute Gasteiger partial charge is 0.249 e. The van der Waals surface area contributed by atoms with Gasteiger partial charge in [-0.2, -0.15) is 4.68 Å². The van der Waals surface area contributed by atoms with Crippen molar-refractivity contribution in [3.8, 4) is 5.69 Å². The number of nitrogens with zero attached hydrogens (tertiary/aromatic N) is 4. The number of rotatable bonds is 3. The Morgan fingerprint density at radius 1 is 1.25 bits per heavy atom. The van der Waals surface area contributed by atoms with Gasteiger partial charge in [-0.15, -0.1) is 0 Å². The minimum absolute atomic E-state index is 0.296. The summed E-state index contributed by atoms with van der Waals surface area (Å²) in [6.45, 7) is 0. The maximum atomic E-state index is 11.9. The molecule has 0 fully saturated rings. The zero-order valence-corrected chi connectivity index (χ0v) is 11.8. The number of alkyl halides is 2. The van der Waals surface area contributed by atoms with E-state index in [4.69, 9.17) is 0 Å². The van der Waals surface area contributed by atoms with E-state index in [1.165, 1.54) is 4.68 Å². The van der Waals surface area contributed by atoms with Crippen molar-refractivity contribution in [1.82, 2.24) is 20.2 Å². The van der Waals surface area contributed by atoms with Gasteiger partial charge in [0, 0.05) is 0 Å². The van der Waals surface area contributed by atoms with Gasteiger partial charge < -0.3 is 0 Å². The van der Waals surface area contributed by atoms with Crippen LogP contribution in [-0.2, 0) is 10.8 Å². The molecule has 8 heteroatoms. The van der Waals surface area contributed by atoms with Crippen molar-refractivity contribution in [3.63, 3.8) is 0 Å². The fourth-order valence-electron chi connectivity index (χ4n) is 1.12. The fraction of sp³-hybridized carbons (Fsp3) is 0.125. The summed E-state index contributed by atoms with van der Waals surface area (Å²) in [5.74, 6) is 0. The van der Waals surface area contributed by atoms with E-state index in [2.05, 4.69) is 47.4 Å². The number of benzene rings is 1. The van der Waals surface area contributed by atoms with E-state index in [0.717, 1.165) is 5.69 Å². The molecular formula is C8H6Br2N4OS. The van der Waals surface area contributed by atoms with Gasteiger partial charge in [-0.05, 0) is 22.6 Å². The lowest BCUT2D eigenvalue weighted by Crippen LogP contribution is -2.09. The van der Waals surface area contributed by atoms with E-state index in [0.29, 0.717) is 5.16 Å². The number of tetrazole rings is 1. The van der Waals surface area contributed by atoms with Gasteiger partial charge in [0.15, 0.2) is 3.07 Å². The first-order chi connectivity index (χ1) is 7.70. The summed E-state index contributed by atoms with van der Waals surface area (Å²) in [7, 11) is -1.36. The van der Waals surface area contributed by atoms with Crippen LogP contribution < -0.4 is 0 Å². The predicted molar refractivity (Wildman–Crippen MR) is 67.2 cm³/mol. The standard InChI is InChI=1S/C8H6Br2N4OS/c9-7(10)16(15)8-11-12-13-14(8)6-4-2-1-3-5-6/h1-5,7H. The van der Waals surface area contributed by atoms with Gasteiger partial charge in [0.05, 0.1) is 5.69 Å².